The van der Waals surface area contributed by atoms with Crippen LogP contribution in [-0.4, -0.2) is 85.4 Å². The SMILES string of the molecule is Cc1cc(C)cc(N(CCC#N)C(=O)CN2CCN(CC(=O)N3CCCC3)CC2)c1. The first-order chi connectivity index (χ1) is 14.5. The zero-order chi connectivity index (χ0) is 21.5. The van der Waals surface area contributed by atoms with E-state index < -0.39 is 0 Å². The maximum atomic E-state index is 13.1. The minimum absolute atomic E-state index is 0.0249. The van der Waals surface area contributed by atoms with E-state index in [-0.39, 0.29) is 11.8 Å². The summed E-state index contributed by atoms with van der Waals surface area (Å²) in [5.74, 6) is 0.256. The predicted molar refractivity (Wildman–Crippen MR) is 117 cm³/mol. The highest BCUT2D eigenvalue weighted by Gasteiger charge is 2.25. The molecular formula is C23H33N5O2. The van der Waals surface area contributed by atoms with E-state index in [0.29, 0.717) is 26.1 Å². The van der Waals surface area contributed by atoms with Gasteiger partial charge in [0.05, 0.1) is 25.6 Å². The van der Waals surface area contributed by atoms with Gasteiger partial charge in [-0.3, -0.25) is 19.4 Å². The summed E-state index contributed by atoms with van der Waals surface area (Å²) in [5, 5.41) is 9.02. The molecule has 2 heterocycles. The molecule has 0 aliphatic carbocycles. The summed E-state index contributed by atoms with van der Waals surface area (Å²) in [6.07, 6.45) is 2.54. The number of rotatable bonds is 7. The number of anilines is 1. The molecular weight excluding hydrogens is 378 g/mol. The second-order valence-electron chi connectivity index (χ2n) is 8.44. The van der Waals surface area contributed by atoms with Gasteiger partial charge >= 0.3 is 0 Å². The van der Waals surface area contributed by atoms with Crippen molar-refractivity contribution in [2.45, 2.75) is 33.1 Å². The molecule has 2 aliphatic rings. The van der Waals surface area contributed by atoms with Gasteiger partial charge in [0.15, 0.2) is 0 Å². The van der Waals surface area contributed by atoms with Crippen LogP contribution in [0.3, 0.4) is 0 Å². The van der Waals surface area contributed by atoms with Gasteiger partial charge in [-0.2, -0.15) is 5.26 Å². The number of carbonyl (C=O) groups is 2. The van der Waals surface area contributed by atoms with Gasteiger partial charge in [0, 0.05) is 51.5 Å². The fourth-order valence-corrected chi connectivity index (χ4v) is 4.31. The first-order valence-corrected chi connectivity index (χ1v) is 10.9. The third kappa shape index (κ3) is 6.04. The van der Waals surface area contributed by atoms with Gasteiger partial charge in [0.25, 0.3) is 0 Å². The van der Waals surface area contributed by atoms with Gasteiger partial charge in [0.1, 0.15) is 0 Å². The normalized spacial score (nSPS) is 17.7. The third-order valence-corrected chi connectivity index (χ3v) is 5.91. The summed E-state index contributed by atoms with van der Waals surface area (Å²) in [6, 6.07) is 8.24. The summed E-state index contributed by atoms with van der Waals surface area (Å²) >= 11 is 0. The quantitative estimate of drug-likeness (QED) is 0.684. The summed E-state index contributed by atoms with van der Waals surface area (Å²) < 4.78 is 0. The summed E-state index contributed by atoms with van der Waals surface area (Å²) in [6.45, 7) is 10.2. The fraction of sp³-hybridized carbons (Fsp3) is 0.609. The van der Waals surface area contributed by atoms with Gasteiger partial charge in [-0.1, -0.05) is 6.07 Å². The predicted octanol–water partition coefficient (Wildman–Crippen LogP) is 1.79. The van der Waals surface area contributed by atoms with E-state index in [2.05, 4.69) is 21.9 Å². The Morgan fingerprint density at radius 2 is 1.50 bits per heavy atom. The highest BCUT2D eigenvalue weighted by Crippen LogP contribution is 2.20. The number of amides is 2. The van der Waals surface area contributed by atoms with Gasteiger partial charge in [-0.15, -0.1) is 0 Å². The Kier molecular flexibility index (Phi) is 7.83. The van der Waals surface area contributed by atoms with Crippen LogP contribution in [0.1, 0.15) is 30.4 Å². The van der Waals surface area contributed by atoms with E-state index in [1.165, 1.54) is 0 Å². The largest absolute Gasteiger partial charge is 0.342 e. The van der Waals surface area contributed by atoms with Crippen LogP contribution in [0.15, 0.2) is 18.2 Å². The van der Waals surface area contributed by atoms with Crippen molar-refractivity contribution in [2.75, 3.05) is 63.8 Å². The Balaban J connectivity index is 1.53. The van der Waals surface area contributed by atoms with Crippen LogP contribution >= 0.6 is 0 Å². The molecule has 0 atom stereocenters. The molecule has 30 heavy (non-hydrogen) atoms. The molecule has 162 valence electrons. The van der Waals surface area contributed by atoms with Crippen LogP contribution in [0.5, 0.6) is 0 Å². The minimum atomic E-state index is 0.0249. The van der Waals surface area contributed by atoms with Crippen LogP contribution in [-0.2, 0) is 9.59 Å². The topological polar surface area (TPSA) is 70.9 Å². The second kappa shape index (κ2) is 10.6. The van der Waals surface area contributed by atoms with E-state index in [1.54, 1.807) is 4.90 Å². The molecule has 0 aromatic heterocycles. The number of nitrogens with zero attached hydrogens (tertiary/aromatic N) is 5. The van der Waals surface area contributed by atoms with Crippen LogP contribution in [0.2, 0.25) is 0 Å². The number of hydrogen-bond acceptors (Lipinski definition) is 5. The standard InChI is InChI=1S/C23H33N5O2/c1-19-14-20(2)16-21(15-19)28(9-5-6-24)23(30)18-26-12-10-25(11-13-26)17-22(29)27-7-3-4-8-27/h14-16H,3-5,7-13,17-18H2,1-2H3. The molecule has 2 amide bonds. The van der Waals surface area contributed by atoms with Gasteiger partial charge < -0.3 is 9.80 Å². The molecule has 2 fully saturated rings. The molecule has 7 heteroatoms. The van der Waals surface area contributed by atoms with Gasteiger partial charge in [-0.25, -0.2) is 0 Å². The summed E-state index contributed by atoms with van der Waals surface area (Å²) in [7, 11) is 0. The lowest BCUT2D eigenvalue weighted by Gasteiger charge is -2.35. The molecule has 0 saturated carbocycles. The molecule has 0 radical (unpaired) electrons. The molecule has 7 nitrogen and oxygen atoms in total. The van der Waals surface area contributed by atoms with Gasteiger partial charge in [0.2, 0.25) is 11.8 Å². The lowest BCUT2D eigenvalue weighted by atomic mass is 10.1. The van der Waals surface area contributed by atoms with Crippen molar-refractivity contribution in [3.63, 3.8) is 0 Å². The van der Waals surface area contributed by atoms with E-state index >= 15 is 0 Å². The molecule has 0 unspecified atom stereocenters. The first-order valence-electron chi connectivity index (χ1n) is 10.9. The second-order valence-corrected chi connectivity index (χ2v) is 8.44. The number of piperazine rings is 1. The maximum absolute atomic E-state index is 13.1. The molecule has 3 rings (SSSR count). The van der Waals surface area contributed by atoms with Crippen LogP contribution in [0, 0.1) is 25.2 Å². The number of likely N-dealkylation sites (tertiary alicyclic amines) is 1. The van der Waals surface area contributed by atoms with Crippen LogP contribution < -0.4 is 4.90 Å². The average Bonchev–Trinajstić information content (AvgIpc) is 3.24. The van der Waals surface area contributed by atoms with Crippen molar-refractivity contribution in [1.29, 1.82) is 5.26 Å². The molecule has 2 saturated heterocycles. The summed E-state index contributed by atoms with van der Waals surface area (Å²) in [4.78, 5) is 33.5. The van der Waals surface area contributed by atoms with Crippen molar-refractivity contribution < 1.29 is 9.59 Å². The Morgan fingerprint density at radius 1 is 0.933 bits per heavy atom. The van der Waals surface area contributed by atoms with Crippen LogP contribution in [0.4, 0.5) is 5.69 Å². The summed E-state index contributed by atoms with van der Waals surface area (Å²) in [5.41, 5.74) is 3.08. The zero-order valence-corrected chi connectivity index (χ0v) is 18.3. The Labute approximate surface area is 179 Å². The van der Waals surface area contributed by atoms with E-state index in [1.807, 2.05) is 30.9 Å². The molecule has 1 aromatic carbocycles. The molecule has 2 aliphatic heterocycles. The lowest BCUT2D eigenvalue weighted by molar-refractivity contribution is -0.132. The highest BCUT2D eigenvalue weighted by molar-refractivity contribution is 5.95. The highest BCUT2D eigenvalue weighted by atomic mass is 16.2. The van der Waals surface area contributed by atoms with Crippen molar-refractivity contribution in [3.8, 4) is 6.07 Å². The molecule has 0 N–H and O–H groups in total. The maximum Gasteiger partial charge on any atom is 0.241 e. The number of aryl methyl sites for hydroxylation is 2. The van der Waals surface area contributed by atoms with Crippen molar-refractivity contribution >= 4 is 17.5 Å². The van der Waals surface area contributed by atoms with Gasteiger partial charge in [-0.05, 0) is 49.9 Å². The van der Waals surface area contributed by atoms with E-state index in [4.69, 9.17) is 5.26 Å². The zero-order valence-electron chi connectivity index (χ0n) is 18.3. The third-order valence-electron chi connectivity index (χ3n) is 5.91. The number of benzene rings is 1. The molecule has 1 aromatic rings. The van der Waals surface area contributed by atoms with Crippen LogP contribution in [0.25, 0.3) is 0 Å². The van der Waals surface area contributed by atoms with E-state index in [9.17, 15) is 9.59 Å². The Bertz CT molecular complexity index is 769. The average molecular weight is 412 g/mol. The minimum Gasteiger partial charge on any atom is -0.342 e. The number of hydrogen-bond donors (Lipinski definition) is 0. The lowest BCUT2D eigenvalue weighted by Crippen LogP contribution is -2.52. The number of nitriles is 1. The Hall–Kier alpha value is -2.43. The smallest absolute Gasteiger partial charge is 0.241 e. The molecule has 0 spiro atoms. The Morgan fingerprint density at radius 3 is 2.07 bits per heavy atom. The van der Waals surface area contributed by atoms with Crippen molar-refractivity contribution in [2.24, 2.45) is 0 Å². The van der Waals surface area contributed by atoms with Crippen molar-refractivity contribution in [3.05, 3.63) is 29.3 Å². The van der Waals surface area contributed by atoms with E-state index in [0.717, 1.165) is 68.9 Å². The fourth-order valence-electron chi connectivity index (χ4n) is 4.31. The van der Waals surface area contributed by atoms with Crippen molar-refractivity contribution in [1.82, 2.24) is 14.7 Å². The molecule has 0 bridgehead atoms. The monoisotopic (exact) mass is 411 g/mol. The first kappa shape index (κ1) is 22.3. The number of carbonyl (C=O) groups excluding carboxylic acids is 2.